The topological polar surface area (TPSA) is 166 Å². The second-order valence-corrected chi connectivity index (χ2v) is 10.4. The molecule has 4 N–H and O–H groups in total. The number of aryl methyl sites for hydroxylation is 1. The number of para-hydroxylation sites is 1. The van der Waals surface area contributed by atoms with Crippen LogP contribution in [-0.4, -0.2) is 74.0 Å². The highest BCUT2D eigenvalue weighted by Gasteiger charge is 2.41. The van der Waals surface area contributed by atoms with Crippen LogP contribution >= 0.6 is 0 Å². The van der Waals surface area contributed by atoms with Gasteiger partial charge in [-0.3, -0.25) is 19.8 Å². The summed E-state index contributed by atoms with van der Waals surface area (Å²) in [5, 5.41) is 24.4. The van der Waals surface area contributed by atoms with E-state index in [0.29, 0.717) is 19.6 Å². The van der Waals surface area contributed by atoms with Crippen molar-refractivity contribution in [2.45, 2.75) is 58.1 Å². The molecule has 11 nitrogen and oxygen atoms in total. The SMILES string of the molecule is Cc1cc(COc2ccc(C3CCN(C(C(=O)NO)C(C)C)C3=O)cc2)c2ccccc2n1.O=C(O)C(F)(F)F.O=C(O)C(F)(F)F. The summed E-state index contributed by atoms with van der Waals surface area (Å²) in [6.07, 6.45) is -9.54. The van der Waals surface area contributed by atoms with Gasteiger partial charge in [0.1, 0.15) is 18.4 Å². The first-order chi connectivity index (χ1) is 21.8. The summed E-state index contributed by atoms with van der Waals surface area (Å²) < 4.78 is 69.5. The van der Waals surface area contributed by atoms with Gasteiger partial charge in [0.2, 0.25) is 5.91 Å². The molecule has 1 saturated heterocycles. The van der Waals surface area contributed by atoms with Gasteiger partial charge in [0.25, 0.3) is 5.91 Å². The number of benzene rings is 2. The van der Waals surface area contributed by atoms with E-state index in [1.807, 2.05) is 75.4 Å². The molecule has 0 aliphatic carbocycles. The van der Waals surface area contributed by atoms with E-state index in [0.717, 1.165) is 33.5 Å². The van der Waals surface area contributed by atoms with Crippen LogP contribution in [0.1, 0.15) is 43.0 Å². The molecule has 2 amide bonds. The lowest BCUT2D eigenvalue weighted by atomic mass is 9.97. The number of ether oxygens (including phenoxy) is 1. The number of carboxylic acid groups (broad SMARTS) is 2. The fourth-order valence-corrected chi connectivity index (χ4v) is 4.63. The van der Waals surface area contributed by atoms with Crippen molar-refractivity contribution in [3.8, 4) is 5.75 Å². The summed E-state index contributed by atoms with van der Waals surface area (Å²) >= 11 is 0. The molecule has 0 saturated carbocycles. The fraction of sp³-hybridized carbons (Fsp3) is 0.367. The van der Waals surface area contributed by atoms with Crippen LogP contribution in [0.5, 0.6) is 5.75 Å². The van der Waals surface area contributed by atoms with Crippen LogP contribution < -0.4 is 10.2 Å². The van der Waals surface area contributed by atoms with Gasteiger partial charge in [-0.2, -0.15) is 26.3 Å². The number of aliphatic carboxylic acids is 2. The minimum atomic E-state index is -5.08. The van der Waals surface area contributed by atoms with E-state index >= 15 is 0 Å². The lowest BCUT2D eigenvalue weighted by Crippen LogP contribution is -2.50. The summed E-state index contributed by atoms with van der Waals surface area (Å²) in [5.74, 6) is -5.85. The molecular weight excluding hydrogens is 644 g/mol. The number of likely N-dealkylation sites (tertiary alicyclic amines) is 1. The molecule has 2 aromatic carbocycles. The van der Waals surface area contributed by atoms with Crippen LogP contribution in [0.4, 0.5) is 26.3 Å². The number of carbonyl (C=O) groups excluding carboxylic acids is 2. The second-order valence-electron chi connectivity index (χ2n) is 10.4. The molecule has 1 aliphatic heterocycles. The van der Waals surface area contributed by atoms with Crippen LogP contribution in [0.3, 0.4) is 0 Å². The first-order valence-corrected chi connectivity index (χ1v) is 13.7. The van der Waals surface area contributed by atoms with E-state index in [1.165, 1.54) is 0 Å². The van der Waals surface area contributed by atoms with Crippen molar-refractivity contribution in [1.29, 1.82) is 0 Å². The third-order valence-corrected chi connectivity index (χ3v) is 6.68. The monoisotopic (exact) mass is 675 g/mol. The number of alkyl halides is 6. The lowest BCUT2D eigenvalue weighted by molar-refractivity contribution is -0.193. The highest BCUT2D eigenvalue weighted by Crippen LogP contribution is 2.32. The number of pyridine rings is 1. The van der Waals surface area contributed by atoms with Crippen molar-refractivity contribution in [1.82, 2.24) is 15.4 Å². The van der Waals surface area contributed by atoms with Crippen molar-refractivity contribution < 1.29 is 65.7 Å². The summed E-state index contributed by atoms with van der Waals surface area (Å²) in [6, 6.07) is 16.9. The number of nitrogens with zero attached hydrogens (tertiary/aromatic N) is 2. The van der Waals surface area contributed by atoms with Crippen molar-refractivity contribution >= 4 is 34.7 Å². The first-order valence-electron chi connectivity index (χ1n) is 13.7. The number of aromatic nitrogens is 1. The van der Waals surface area contributed by atoms with Gasteiger partial charge in [-0.15, -0.1) is 0 Å². The number of halogens is 6. The predicted molar refractivity (Wildman–Crippen MR) is 152 cm³/mol. The molecule has 0 spiro atoms. The minimum absolute atomic E-state index is 0.0929. The summed E-state index contributed by atoms with van der Waals surface area (Å²) in [6.45, 7) is 6.60. The van der Waals surface area contributed by atoms with Crippen molar-refractivity contribution in [2.75, 3.05) is 6.54 Å². The van der Waals surface area contributed by atoms with E-state index in [2.05, 4.69) is 4.98 Å². The van der Waals surface area contributed by atoms with E-state index in [9.17, 15) is 35.9 Å². The highest BCUT2D eigenvalue weighted by atomic mass is 19.4. The number of amides is 2. The molecule has 2 atom stereocenters. The van der Waals surface area contributed by atoms with E-state index in [4.69, 9.17) is 29.7 Å². The van der Waals surface area contributed by atoms with E-state index in [-0.39, 0.29) is 17.7 Å². The Morgan fingerprint density at radius 1 is 0.979 bits per heavy atom. The second kappa shape index (κ2) is 16.1. The largest absolute Gasteiger partial charge is 0.490 e. The highest BCUT2D eigenvalue weighted by molar-refractivity contribution is 5.92. The normalized spacial score (nSPS) is 15.3. The molecular formula is C30H31F6N3O8. The molecule has 2 unspecified atom stereocenters. The van der Waals surface area contributed by atoms with Crippen LogP contribution in [0, 0.1) is 12.8 Å². The van der Waals surface area contributed by atoms with Gasteiger partial charge < -0.3 is 19.8 Å². The third kappa shape index (κ3) is 10.8. The zero-order chi connectivity index (χ0) is 35.7. The maximum Gasteiger partial charge on any atom is 0.490 e. The third-order valence-electron chi connectivity index (χ3n) is 6.68. The van der Waals surface area contributed by atoms with Gasteiger partial charge in [-0.1, -0.05) is 44.2 Å². The van der Waals surface area contributed by atoms with Gasteiger partial charge >= 0.3 is 24.3 Å². The summed E-state index contributed by atoms with van der Waals surface area (Å²) in [5.41, 5.74) is 5.56. The van der Waals surface area contributed by atoms with E-state index < -0.39 is 36.2 Å². The van der Waals surface area contributed by atoms with Crippen LogP contribution in [0.15, 0.2) is 54.6 Å². The minimum Gasteiger partial charge on any atom is -0.489 e. The van der Waals surface area contributed by atoms with Crippen LogP contribution in [-0.2, 0) is 25.8 Å². The molecule has 3 aromatic rings. The molecule has 17 heteroatoms. The fourth-order valence-electron chi connectivity index (χ4n) is 4.63. The average Bonchev–Trinajstić information content (AvgIpc) is 3.35. The molecule has 1 aliphatic rings. The number of hydrogen-bond donors (Lipinski definition) is 4. The molecule has 256 valence electrons. The maximum absolute atomic E-state index is 13.1. The van der Waals surface area contributed by atoms with Crippen LogP contribution in [0.25, 0.3) is 10.9 Å². The Kier molecular flexibility index (Phi) is 13.1. The molecule has 0 radical (unpaired) electrons. The Hall–Kier alpha value is -4.93. The molecule has 1 fully saturated rings. The number of hydrogen-bond acceptors (Lipinski definition) is 7. The zero-order valence-corrected chi connectivity index (χ0v) is 25.1. The first kappa shape index (κ1) is 38.3. The molecule has 2 heterocycles. The molecule has 47 heavy (non-hydrogen) atoms. The number of hydroxylamine groups is 1. The Balaban J connectivity index is 0.000000459. The predicted octanol–water partition coefficient (Wildman–Crippen LogP) is 5.23. The smallest absolute Gasteiger partial charge is 0.489 e. The van der Waals surface area contributed by atoms with Crippen molar-refractivity contribution in [2.24, 2.45) is 5.92 Å². The summed E-state index contributed by atoms with van der Waals surface area (Å²) in [4.78, 5) is 49.1. The Bertz CT molecular complexity index is 1540. The van der Waals surface area contributed by atoms with Gasteiger partial charge in [-0.25, -0.2) is 15.1 Å². The van der Waals surface area contributed by atoms with Gasteiger partial charge in [-0.05, 0) is 49.1 Å². The van der Waals surface area contributed by atoms with Gasteiger partial charge in [0.05, 0.1) is 11.4 Å². The maximum atomic E-state index is 13.1. The standard InChI is InChI=1S/C26H29N3O4.2C2HF3O2/c1-16(2)24(25(30)28-32)29-13-12-22(26(29)31)18-8-10-20(11-9-18)33-15-19-14-17(3)27-23-7-5-4-6-21(19)23;2*3-2(4,5)1(6)7/h4-11,14,16,22,24,32H,12-13,15H2,1-3H3,(H,28,30);2*(H,6,7). The number of nitrogens with one attached hydrogen (secondary N) is 1. The number of rotatable bonds is 7. The molecule has 4 rings (SSSR count). The van der Waals surface area contributed by atoms with Crippen molar-refractivity contribution in [3.05, 3.63) is 71.4 Å². The van der Waals surface area contributed by atoms with E-state index in [1.54, 1.807) is 10.4 Å². The summed E-state index contributed by atoms with van der Waals surface area (Å²) in [7, 11) is 0. The number of carboxylic acids is 2. The van der Waals surface area contributed by atoms with Gasteiger partial charge in [0, 0.05) is 23.2 Å². The Morgan fingerprint density at radius 3 is 2.00 bits per heavy atom. The van der Waals surface area contributed by atoms with Gasteiger partial charge in [0.15, 0.2) is 0 Å². The molecule has 1 aromatic heterocycles. The zero-order valence-electron chi connectivity index (χ0n) is 25.1. The average molecular weight is 676 g/mol. The Morgan fingerprint density at radius 2 is 1.51 bits per heavy atom. The molecule has 0 bridgehead atoms. The van der Waals surface area contributed by atoms with Crippen molar-refractivity contribution in [3.63, 3.8) is 0 Å². The quantitative estimate of drug-likeness (QED) is 0.149. The Labute approximate surface area is 263 Å². The number of carbonyl (C=O) groups is 4. The van der Waals surface area contributed by atoms with Crippen LogP contribution in [0.2, 0.25) is 0 Å². The lowest BCUT2D eigenvalue weighted by Gasteiger charge is -2.29. The number of fused-ring (bicyclic) bond motifs is 1.